The van der Waals surface area contributed by atoms with Gasteiger partial charge in [-0.2, -0.15) is 0 Å². The van der Waals surface area contributed by atoms with Gasteiger partial charge in [0.25, 0.3) is 0 Å². The number of carbonyl (C=O) groups is 1. The number of nitrogens with one attached hydrogen (secondary N) is 1. The van der Waals surface area contributed by atoms with E-state index in [1.54, 1.807) is 14.2 Å². The van der Waals surface area contributed by atoms with Gasteiger partial charge < -0.3 is 19.2 Å². The topological polar surface area (TPSA) is 77.8 Å². The molecule has 0 radical (unpaired) electrons. The minimum Gasteiger partial charge on any atom is -0.497 e. The van der Waals surface area contributed by atoms with Gasteiger partial charge in [0.15, 0.2) is 5.13 Å². The molecule has 0 bridgehead atoms. The standard InChI is InChI=1S/C22H22N4O3S/c1-13-6-5-9-26-18(14(2)23-21(13)26)11-20(27)25-22-24-17(12-30-22)16-10-15(28-3)7-8-19(16)29-4/h5-10,12H,11H2,1-4H3,(H,24,25,27). The van der Waals surface area contributed by atoms with Crippen molar-refractivity contribution in [2.75, 3.05) is 19.5 Å². The van der Waals surface area contributed by atoms with E-state index in [9.17, 15) is 4.79 Å². The Bertz CT molecular complexity index is 1230. The number of benzene rings is 1. The third-order valence-corrected chi connectivity index (χ3v) is 5.66. The zero-order chi connectivity index (χ0) is 21.3. The second kappa shape index (κ2) is 8.16. The van der Waals surface area contributed by atoms with Crippen molar-refractivity contribution in [1.29, 1.82) is 0 Å². The summed E-state index contributed by atoms with van der Waals surface area (Å²) in [5, 5.41) is 5.31. The van der Waals surface area contributed by atoms with Crippen molar-refractivity contribution in [3.05, 3.63) is 58.9 Å². The molecule has 0 atom stereocenters. The van der Waals surface area contributed by atoms with Gasteiger partial charge in [-0.1, -0.05) is 6.07 Å². The second-order valence-electron chi connectivity index (χ2n) is 6.86. The first-order chi connectivity index (χ1) is 14.5. The first-order valence-corrected chi connectivity index (χ1v) is 10.3. The molecule has 0 aliphatic rings. The Balaban J connectivity index is 1.55. The number of thiazole rings is 1. The van der Waals surface area contributed by atoms with Gasteiger partial charge in [-0.3, -0.25) is 4.79 Å². The molecule has 154 valence electrons. The average molecular weight is 423 g/mol. The molecule has 0 spiro atoms. The summed E-state index contributed by atoms with van der Waals surface area (Å²) in [7, 11) is 3.22. The Morgan fingerprint density at radius 3 is 2.77 bits per heavy atom. The lowest BCUT2D eigenvalue weighted by Gasteiger charge is -2.08. The predicted molar refractivity (Wildman–Crippen MR) is 118 cm³/mol. The van der Waals surface area contributed by atoms with E-state index in [0.717, 1.165) is 28.2 Å². The van der Waals surface area contributed by atoms with Crippen molar-refractivity contribution in [2.24, 2.45) is 0 Å². The number of imidazole rings is 1. The number of anilines is 1. The summed E-state index contributed by atoms with van der Waals surface area (Å²) in [6, 6.07) is 9.50. The number of fused-ring (bicyclic) bond motifs is 1. The molecule has 0 unspecified atom stereocenters. The SMILES string of the molecule is COc1ccc(OC)c(-c2csc(NC(=O)Cc3c(C)nc4c(C)cccn34)n2)c1. The molecule has 30 heavy (non-hydrogen) atoms. The van der Waals surface area contributed by atoms with E-state index in [4.69, 9.17) is 9.47 Å². The van der Waals surface area contributed by atoms with Crippen LogP contribution < -0.4 is 14.8 Å². The van der Waals surface area contributed by atoms with Crippen molar-refractivity contribution in [3.8, 4) is 22.8 Å². The molecule has 0 aliphatic carbocycles. The monoisotopic (exact) mass is 422 g/mol. The van der Waals surface area contributed by atoms with Crippen LogP contribution in [0.1, 0.15) is 17.0 Å². The van der Waals surface area contributed by atoms with Crippen molar-refractivity contribution in [3.63, 3.8) is 0 Å². The van der Waals surface area contributed by atoms with Gasteiger partial charge in [-0.05, 0) is 43.7 Å². The number of methoxy groups -OCH3 is 2. The van der Waals surface area contributed by atoms with Crippen LogP contribution in [0.25, 0.3) is 16.9 Å². The molecule has 3 aromatic heterocycles. The smallest absolute Gasteiger partial charge is 0.232 e. The first-order valence-electron chi connectivity index (χ1n) is 9.41. The van der Waals surface area contributed by atoms with Crippen LogP contribution in [0.2, 0.25) is 0 Å². The Kier molecular flexibility index (Phi) is 5.41. The number of carbonyl (C=O) groups excluding carboxylic acids is 1. The van der Waals surface area contributed by atoms with E-state index in [-0.39, 0.29) is 12.3 Å². The molecule has 0 fully saturated rings. The summed E-state index contributed by atoms with van der Waals surface area (Å²) in [4.78, 5) is 21.9. The van der Waals surface area contributed by atoms with Crippen LogP contribution in [-0.2, 0) is 11.2 Å². The number of aromatic nitrogens is 3. The van der Waals surface area contributed by atoms with Gasteiger partial charge in [0, 0.05) is 17.1 Å². The number of rotatable bonds is 6. The summed E-state index contributed by atoms with van der Waals surface area (Å²) in [6.07, 6.45) is 2.15. The quantitative estimate of drug-likeness (QED) is 0.502. The largest absolute Gasteiger partial charge is 0.497 e. The van der Waals surface area contributed by atoms with Gasteiger partial charge in [0.1, 0.15) is 17.1 Å². The summed E-state index contributed by atoms with van der Waals surface area (Å²) < 4.78 is 12.7. The molecule has 8 heteroatoms. The van der Waals surface area contributed by atoms with Gasteiger partial charge in [-0.15, -0.1) is 11.3 Å². The first kappa shape index (κ1) is 19.9. The van der Waals surface area contributed by atoms with E-state index in [0.29, 0.717) is 22.3 Å². The molecule has 0 saturated heterocycles. The summed E-state index contributed by atoms with van der Waals surface area (Å²) in [5.74, 6) is 1.26. The Morgan fingerprint density at radius 1 is 1.17 bits per heavy atom. The van der Waals surface area contributed by atoms with Crippen LogP contribution in [0.4, 0.5) is 5.13 Å². The number of nitrogens with zero attached hydrogens (tertiary/aromatic N) is 3. The minimum atomic E-state index is -0.139. The number of aryl methyl sites for hydroxylation is 2. The average Bonchev–Trinajstić information content (AvgIpc) is 3.33. The number of amides is 1. The zero-order valence-corrected chi connectivity index (χ0v) is 18.0. The molecule has 7 nitrogen and oxygen atoms in total. The fraction of sp³-hybridized carbons (Fsp3) is 0.227. The van der Waals surface area contributed by atoms with E-state index in [1.807, 2.05) is 60.2 Å². The zero-order valence-electron chi connectivity index (χ0n) is 17.2. The van der Waals surface area contributed by atoms with E-state index >= 15 is 0 Å². The highest BCUT2D eigenvalue weighted by molar-refractivity contribution is 7.14. The maximum atomic E-state index is 12.7. The van der Waals surface area contributed by atoms with Gasteiger partial charge in [-0.25, -0.2) is 9.97 Å². The van der Waals surface area contributed by atoms with Crippen LogP contribution in [0, 0.1) is 13.8 Å². The lowest BCUT2D eigenvalue weighted by atomic mass is 10.1. The van der Waals surface area contributed by atoms with Crippen LogP contribution in [0.15, 0.2) is 41.9 Å². The highest BCUT2D eigenvalue weighted by atomic mass is 32.1. The van der Waals surface area contributed by atoms with Crippen LogP contribution in [-0.4, -0.2) is 34.5 Å². The summed E-state index contributed by atoms with van der Waals surface area (Å²) in [6.45, 7) is 3.93. The Labute approximate surface area is 178 Å². The molecular formula is C22H22N4O3S. The Morgan fingerprint density at radius 2 is 2.00 bits per heavy atom. The molecule has 4 rings (SSSR count). The molecule has 1 N–H and O–H groups in total. The fourth-order valence-corrected chi connectivity index (χ4v) is 4.09. The van der Waals surface area contributed by atoms with Crippen LogP contribution in [0.5, 0.6) is 11.5 Å². The van der Waals surface area contributed by atoms with E-state index in [2.05, 4.69) is 15.3 Å². The number of hydrogen-bond acceptors (Lipinski definition) is 6. The van der Waals surface area contributed by atoms with E-state index < -0.39 is 0 Å². The minimum absolute atomic E-state index is 0.139. The third-order valence-electron chi connectivity index (χ3n) is 4.91. The highest BCUT2D eigenvalue weighted by Crippen LogP contribution is 2.35. The number of pyridine rings is 1. The van der Waals surface area contributed by atoms with Crippen molar-refractivity contribution in [1.82, 2.24) is 14.4 Å². The second-order valence-corrected chi connectivity index (χ2v) is 7.72. The van der Waals surface area contributed by atoms with Crippen LogP contribution >= 0.6 is 11.3 Å². The molecule has 4 aromatic rings. The van der Waals surface area contributed by atoms with Gasteiger partial charge in [0.2, 0.25) is 5.91 Å². The third kappa shape index (κ3) is 3.73. The molecule has 3 heterocycles. The molecular weight excluding hydrogens is 400 g/mol. The van der Waals surface area contributed by atoms with E-state index in [1.165, 1.54) is 11.3 Å². The molecule has 1 aromatic carbocycles. The van der Waals surface area contributed by atoms with Gasteiger partial charge >= 0.3 is 0 Å². The lowest BCUT2D eigenvalue weighted by molar-refractivity contribution is -0.115. The van der Waals surface area contributed by atoms with Gasteiger partial charge in [0.05, 0.1) is 37.7 Å². The maximum Gasteiger partial charge on any atom is 0.232 e. The Hall–Kier alpha value is -3.39. The predicted octanol–water partition coefficient (Wildman–Crippen LogP) is 4.27. The normalized spacial score (nSPS) is 10.9. The highest BCUT2D eigenvalue weighted by Gasteiger charge is 2.16. The van der Waals surface area contributed by atoms with Crippen LogP contribution in [0.3, 0.4) is 0 Å². The molecule has 0 aliphatic heterocycles. The lowest BCUT2D eigenvalue weighted by Crippen LogP contribution is -2.16. The van der Waals surface area contributed by atoms with Crippen molar-refractivity contribution in [2.45, 2.75) is 20.3 Å². The maximum absolute atomic E-state index is 12.7. The molecule has 1 amide bonds. The van der Waals surface area contributed by atoms with Crippen molar-refractivity contribution >= 4 is 28.0 Å². The number of ether oxygens (including phenoxy) is 2. The fourth-order valence-electron chi connectivity index (χ4n) is 3.36. The van der Waals surface area contributed by atoms with Crippen molar-refractivity contribution < 1.29 is 14.3 Å². The summed E-state index contributed by atoms with van der Waals surface area (Å²) >= 11 is 1.37. The summed E-state index contributed by atoms with van der Waals surface area (Å²) in [5.41, 5.74) is 5.19. The number of hydrogen-bond donors (Lipinski definition) is 1. The molecule has 0 saturated carbocycles.